The molecule has 0 atom stereocenters. The number of thiophene rings is 1. The van der Waals surface area contributed by atoms with Crippen LogP contribution >= 0.6 is 23.1 Å². The van der Waals surface area contributed by atoms with Gasteiger partial charge in [0.15, 0.2) is 0 Å². The molecule has 0 radical (unpaired) electrons. The van der Waals surface area contributed by atoms with Crippen molar-refractivity contribution in [1.82, 2.24) is 9.29 Å². The van der Waals surface area contributed by atoms with Crippen LogP contribution in [0, 0.1) is 0 Å². The molecular formula is C20H20N2O6S3. The molecule has 2 aromatic heterocycles. The summed E-state index contributed by atoms with van der Waals surface area (Å²) in [4.78, 5) is 17.0. The molecule has 1 aliphatic rings. The predicted octanol–water partition coefficient (Wildman–Crippen LogP) is 3.51. The lowest BCUT2D eigenvalue weighted by atomic mass is 10.2. The molecular weight excluding hydrogens is 460 g/mol. The molecule has 3 heterocycles. The Labute approximate surface area is 188 Å². The Balaban J connectivity index is 1.43. The minimum Gasteiger partial charge on any atom is -0.497 e. The van der Waals surface area contributed by atoms with Crippen molar-refractivity contribution >= 4 is 39.1 Å². The number of sulfonamides is 1. The summed E-state index contributed by atoms with van der Waals surface area (Å²) in [5.41, 5.74) is 1.18. The SMILES string of the molecule is COc1ccc(-c2nc(COC(=O)c3sccc3S(=O)(=O)N3CCSCC3)co2)cc1. The first kappa shape index (κ1) is 21.9. The number of hydrogen-bond acceptors (Lipinski definition) is 9. The highest BCUT2D eigenvalue weighted by molar-refractivity contribution is 7.99. The summed E-state index contributed by atoms with van der Waals surface area (Å²) < 4.78 is 43.2. The molecule has 0 aliphatic carbocycles. The van der Waals surface area contributed by atoms with E-state index in [-0.39, 0.29) is 16.4 Å². The lowest BCUT2D eigenvalue weighted by Crippen LogP contribution is -2.38. The van der Waals surface area contributed by atoms with Crippen LogP contribution in [-0.2, 0) is 21.4 Å². The average Bonchev–Trinajstić information content (AvgIpc) is 3.48. The number of carbonyl (C=O) groups excluding carboxylic acids is 1. The Bertz CT molecular complexity index is 1150. The monoisotopic (exact) mass is 480 g/mol. The van der Waals surface area contributed by atoms with Crippen molar-refractivity contribution in [2.75, 3.05) is 31.7 Å². The number of rotatable bonds is 7. The van der Waals surface area contributed by atoms with Gasteiger partial charge >= 0.3 is 5.97 Å². The van der Waals surface area contributed by atoms with E-state index in [0.717, 1.165) is 34.2 Å². The van der Waals surface area contributed by atoms with Crippen LogP contribution in [0.1, 0.15) is 15.4 Å². The zero-order valence-corrected chi connectivity index (χ0v) is 19.1. The summed E-state index contributed by atoms with van der Waals surface area (Å²) in [7, 11) is -2.14. The van der Waals surface area contributed by atoms with Crippen molar-refractivity contribution in [3.05, 3.63) is 52.5 Å². The Morgan fingerprint density at radius 3 is 2.65 bits per heavy atom. The van der Waals surface area contributed by atoms with Crippen LogP contribution in [0.4, 0.5) is 0 Å². The van der Waals surface area contributed by atoms with Gasteiger partial charge in [0.1, 0.15) is 34.1 Å². The van der Waals surface area contributed by atoms with Crippen molar-refractivity contribution in [2.45, 2.75) is 11.5 Å². The molecule has 31 heavy (non-hydrogen) atoms. The number of ether oxygens (including phenoxy) is 2. The highest BCUT2D eigenvalue weighted by Crippen LogP contribution is 2.28. The number of oxazole rings is 1. The standard InChI is InChI=1S/C20H20N2O6S3/c1-26-16-4-2-14(3-5-16)19-21-15(12-27-19)13-28-20(23)18-17(6-9-30-18)31(24,25)22-7-10-29-11-8-22/h2-6,9,12H,7-8,10-11,13H2,1H3. The van der Waals surface area contributed by atoms with Crippen molar-refractivity contribution in [3.8, 4) is 17.2 Å². The van der Waals surface area contributed by atoms with E-state index in [1.54, 1.807) is 36.4 Å². The molecule has 1 fully saturated rings. The van der Waals surface area contributed by atoms with Crippen molar-refractivity contribution in [1.29, 1.82) is 0 Å². The number of methoxy groups -OCH3 is 1. The maximum Gasteiger partial charge on any atom is 0.350 e. The van der Waals surface area contributed by atoms with E-state index < -0.39 is 16.0 Å². The Morgan fingerprint density at radius 1 is 1.19 bits per heavy atom. The van der Waals surface area contributed by atoms with Gasteiger partial charge in [-0.25, -0.2) is 18.2 Å². The highest BCUT2D eigenvalue weighted by atomic mass is 32.2. The molecule has 0 unspecified atom stereocenters. The number of aromatic nitrogens is 1. The number of thioether (sulfide) groups is 1. The zero-order chi connectivity index (χ0) is 21.8. The van der Waals surface area contributed by atoms with Gasteiger partial charge in [-0.3, -0.25) is 0 Å². The Hall–Kier alpha value is -2.34. The molecule has 3 aromatic rings. The fourth-order valence-corrected chi connectivity index (χ4v) is 6.88. The summed E-state index contributed by atoms with van der Waals surface area (Å²) in [5.74, 6) is 1.89. The van der Waals surface area contributed by atoms with Gasteiger partial charge in [0.25, 0.3) is 0 Å². The third-order valence-electron chi connectivity index (χ3n) is 4.64. The smallest absolute Gasteiger partial charge is 0.350 e. The fraction of sp³-hybridized carbons (Fsp3) is 0.300. The molecule has 0 amide bonds. The van der Waals surface area contributed by atoms with E-state index in [4.69, 9.17) is 13.9 Å². The summed E-state index contributed by atoms with van der Waals surface area (Å²) in [6, 6.07) is 8.65. The number of esters is 1. The van der Waals surface area contributed by atoms with Gasteiger partial charge in [-0.15, -0.1) is 11.3 Å². The lowest BCUT2D eigenvalue weighted by Gasteiger charge is -2.25. The van der Waals surface area contributed by atoms with Crippen LogP contribution in [0.2, 0.25) is 0 Å². The van der Waals surface area contributed by atoms with Crippen LogP contribution in [0.15, 0.2) is 51.3 Å². The van der Waals surface area contributed by atoms with Gasteiger partial charge in [0.05, 0.1) is 7.11 Å². The lowest BCUT2D eigenvalue weighted by molar-refractivity contribution is 0.0469. The molecule has 164 valence electrons. The van der Waals surface area contributed by atoms with Crippen LogP contribution in [0.25, 0.3) is 11.5 Å². The van der Waals surface area contributed by atoms with E-state index >= 15 is 0 Å². The minimum absolute atomic E-state index is 0.00604. The molecule has 1 aliphatic heterocycles. The summed E-state index contributed by atoms with van der Waals surface area (Å²) in [6.45, 7) is 0.741. The quantitative estimate of drug-likeness (QED) is 0.474. The molecule has 11 heteroatoms. The molecule has 0 spiro atoms. The fourth-order valence-electron chi connectivity index (χ4n) is 3.02. The predicted molar refractivity (Wildman–Crippen MR) is 118 cm³/mol. The van der Waals surface area contributed by atoms with E-state index in [9.17, 15) is 13.2 Å². The second-order valence-electron chi connectivity index (χ2n) is 6.58. The first-order chi connectivity index (χ1) is 15.0. The summed E-state index contributed by atoms with van der Waals surface area (Å²) >= 11 is 2.76. The van der Waals surface area contributed by atoms with Gasteiger partial charge in [0.2, 0.25) is 15.9 Å². The van der Waals surface area contributed by atoms with E-state index in [0.29, 0.717) is 24.7 Å². The second kappa shape index (κ2) is 9.43. The molecule has 1 saturated heterocycles. The highest BCUT2D eigenvalue weighted by Gasteiger charge is 2.31. The van der Waals surface area contributed by atoms with Crippen LogP contribution in [-0.4, -0.2) is 55.4 Å². The number of hydrogen-bond donors (Lipinski definition) is 0. The second-order valence-corrected chi connectivity index (χ2v) is 10.6. The minimum atomic E-state index is -3.73. The topological polar surface area (TPSA) is 98.9 Å². The van der Waals surface area contributed by atoms with Crippen molar-refractivity contribution in [3.63, 3.8) is 0 Å². The van der Waals surface area contributed by atoms with Crippen LogP contribution < -0.4 is 4.74 Å². The molecule has 8 nitrogen and oxygen atoms in total. The van der Waals surface area contributed by atoms with Gasteiger partial charge in [0, 0.05) is 30.2 Å². The first-order valence-corrected chi connectivity index (χ1v) is 12.9. The van der Waals surface area contributed by atoms with Gasteiger partial charge in [-0.1, -0.05) is 0 Å². The van der Waals surface area contributed by atoms with E-state index in [2.05, 4.69) is 4.98 Å². The molecule has 4 rings (SSSR count). The first-order valence-electron chi connectivity index (χ1n) is 9.40. The largest absolute Gasteiger partial charge is 0.497 e. The Kier molecular flexibility index (Phi) is 6.65. The molecule has 0 bridgehead atoms. The van der Waals surface area contributed by atoms with Gasteiger partial charge in [-0.2, -0.15) is 16.1 Å². The normalized spacial score (nSPS) is 15.0. The van der Waals surface area contributed by atoms with Crippen LogP contribution in [0.5, 0.6) is 5.75 Å². The van der Waals surface area contributed by atoms with Crippen molar-refractivity contribution in [2.24, 2.45) is 0 Å². The number of nitrogens with zero attached hydrogens (tertiary/aromatic N) is 2. The summed E-state index contributed by atoms with van der Waals surface area (Å²) in [5, 5.41) is 1.58. The third kappa shape index (κ3) is 4.79. The van der Waals surface area contributed by atoms with Crippen molar-refractivity contribution < 1.29 is 27.1 Å². The van der Waals surface area contributed by atoms with E-state index in [1.165, 1.54) is 16.6 Å². The Morgan fingerprint density at radius 2 is 1.94 bits per heavy atom. The average molecular weight is 481 g/mol. The number of benzene rings is 1. The zero-order valence-electron chi connectivity index (χ0n) is 16.6. The van der Waals surface area contributed by atoms with Gasteiger partial charge in [-0.05, 0) is 35.7 Å². The van der Waals surface area contributed by atoms with Gasteiger partial charge < -0.3 is 13.9 Å². The number of carbonyl (C=O) groups is 1. The molecule has 0 N–H and O–H groups in total. The molecule has 0 saturated carbocycles. The summed E-state index contributed by atoms with van der Waals surface area (Å²) in [6.07, 6.45) is 1.41. The maximum absolute atomic E-state index is 12.9. The maximum atomic E-state index is 12.9. The van der Waals surface area contributed by atoms with E-state index in [1.807, 2.05) is 12.1 Å². The molecule has 1 aromatic carbocycles. The third-order valence-corrected chi connectivity index (χ3v) is 8.55. The van der Waals surface area contributed by atoms with Crippen LogP contribution in [0.3, 0.4) is 0 Å².